The number of carbonyl (C=O) groups is 1. The molecule has 8 heteroatoms. The summed E-state index contributed by atoms with van der Waals surface area (Å²) in [6.07, 6.45) is 0. The summed E-state index contributed by atoms with van der Waals surface area (Å²) >= 11 is 3.02. The second kappa shape index (κ2) is 8.59. The van der Waals surface area contributed by atoms with Gasteiger partial charge in [-0.2, -0.15) is 0 Å². The van der Waals surface area contributed by atoms with Crippen LogP contribution >= 0.6 is 23.1 Å². The zero-order valence-electron chi connectivity index (χ0n) is 16.0. The molecule has 0 radical (unpaired) electrons. The second-order valence-corrected chi connectivity index (χ2v) is 8.32. The molecular weight excluding hydrogens is 402 g/mol. The summed E-state index contributed by atoms with van der Waals surface area (Å²) in [6.45, 7) is 3.94. The van der Waals surface area contributed by atoms with E-state index in [1.165, 1.54) is 11.3 Å². The van der Waals surface area contributed by atoms with Crippen LogP contribution in [0.15, 0.2) is 65.1 Å². The molecule has 0 unspecified atom stereocenters. The number of aromatic nitrogens is 4. The summed E-state index contributed by atoms with van der Waals surface area (Å²) in [5.74, 6) is 1.24. The van der Waals surface area contributed by atoms with Crippen LogP contribution in [-0.4, -0.2) is 25.7 Å². The van der Waals surface area contributed by atoms with Crippen LogP contribution in [0.3, 0.4) is 0 Å². The first-order valence-corrected chi connectivity index (χ1v) is 10.9. The molecule has 2 aromatic carbocycles. The maximum absolute atomic E-state index is 12.4. The highest BCUT2D eigenvalue weighted by Crippen LogP contribution is 2.26. The molecule has 146 valence electrons. The number of carbonyl (C=O) groups excluding carboxylic acids is 1. The van der Waals surface area contributed by atoms with Crippen LogP contribution in [0.2, 0.25) is 0 Å². The number of aryl methyl sites for hydroxylation is 2. The molecule has 0 aliphatic carbocycles. The van der Waals surface area contributed by atoms with Crippen molar-refractivity contribution in [1.82, 2.24) is 19.7 Å². The van der Waals surface area contributed by atoms with Crippen LogP contribution < -0.4 is 5.32 Å². The first-order chi connectivity index (χ1) is 14.1. The Kier molecular flexibility index (Phi) is 5.73. The minimum absolute atomic E-state index is 0.204. The molecule has 0 saturated carbocycles. The molecule has 4 aromatic rings. The van der Waals surface area contributed by atoms with Crippen molar-refractivity contribution >= 4 is 34.7 Å². The Morgan fingerprint density at radius 1 is 1.07 bits per heavy atom. The maximum Gasteiger partial charge on any atom is 0.275 e. The largest absolute Gasteiger partial charge is 0.321 e. The van der Waals surface area contributed by atoms with Gasteiger partial charge in [0.25, 0.3) is 5.91 Å². The average Bonchev–Trinajstić information content (AvgIpc) is 3.35. The molecule has 0 saturated heterocycles. The smallest absolute Gasteiger partial charge is 0.275 e. The molecule has 2 heterocycles. The third-order valence-electron chi connectivity index (χ3n) is 4.23. The summed E-state index contributed by atoms with van der Waals surface area (Å²) in [4.78, 5) is 16.9. The van der Waals surface area contributed by atoms with Crippen LogP contribution in [0.25, 0.3) is 5.69 Å². The second-order valence-electron chi connectivity index (χ2n) is 6.44. The number of thiazole rings is 1. The minimum atomic E-state index is -0.204. The number of benzene rings is 2. The van der Waals surface area contributed by atoms with E-state index in [2.05, 4.69) is 20.5 Å². The van der Waals surface area contributed by atoms with Gasteiger partial charge < -0.3 is 5.32 Å². The lowest BCUT2D eigenvalue weighted by Gasteiger charge is -2.07. The van der Waals surface area contributed by atoms with Crippen LogP contribution in [-0.2, 0) is 5.75 Å². The first-order valence-electron chi connectivity index (χ1n) is 9.03. The van der Waals surface area contributed by atoms with Gasteiger partial charge >= 0.3 is 0 Å². The van der Waals surface area contributed by atoms with Gasteiger partial charge in [0.15, 0.2) is 5.16 Å². The van der Waals surface area contributed by atoms with Crippen molar-refractivity contribution < 1.29 is 4.79 Å². The molecule has 0 atom stereocenters. The average molecular weight is 422 g/mol. The lowest BCUT2D eigenvalue weighted by Crippen LogP contribution is -2.12. The van der Waals surface area contributed by atoms with Crippen molar-refractivity contribution in [3.8, 4) is 5.69 Å². The molecule has 1 N–H and O–H groups in total. The van der Waals surface area contributed by atoms with Crippen LogP contribution in [0.4, 0.5) is 5.69 Å². The SMILES string of the molecule is Cc1ccc(NC(=O)c2csc(CSc3nnc(C)n3-c3ccccc3)n2)cc1. The Balaban J connectivity index is 1.43. The molecule has 0 spiro atoms. The highest BCUT2D eigenvalue weighted by Gasteiger charge is 2.14. The fourth-order valence-electron chi connectivity index (χ4n) is 2.75. The van der Waals surface area contributed by atoms with Crippen molar-refractivity contribution in [3.63, 3.8) is 0 Å². The third-order valence-corrected chi connectivity index (χ3v) is 6.20. The summed E-state index contributed by atoms with van der Waals surface area (Å²) in [6, 6.07) is 17.7. The van der Waals surface area contributed by atoms with Crippen LogP contribution in [0, 0.1) is 13.8 Å². The molecule has 1 amide bonds. The molecule has 2 aromatic heterocycles. The normalized spacial score (nSPS) is 10.8. The van der Waals surface area contributed by atoms with Crippen molar-refractivity contribution in [2.75, 3.05) is 5.32 Å². The number of hydrogen-bond donors (Lipinski definition) is 1. The third kappa shape index (κ3) is 4.55. The highest BCUT2D eigenvalue weighted by molar-refractivity contribution is 7.98. The van der Waals surface area contributed by atoms with E-state index in [0.717, 1.165) is 32.9 Å². The highest BCUT2D eigenvalue weighted by atomic mass is 32.2. The standard InChI is InChI=1S/C21H19N5OS2/c1-14-8-10-16(11-9-14)22-20(27)18-12-28-19(23-18)13-29-21-25-24-15(2)26(21)17-6-4-3-5-7-17/h3-12H,13H2,1-2H3,(H,22,27). The number of thioether (sulfide) groups is 1. The van der Waals surface area contributed by atoms with E-state index in [1.807, 2.05) is 73.0 Å². The number of nitrogens with zero attached hydrogens (tertiary/aromatic N) is 4. The van der Waals surface area contributed by atoms with Gasteiger partial charge in [0.2, 0.25) is 0 Å². The van der Waals surface area contributed by atoms with Gasteiger partial charge in [-0.05, 0) is 38.1 Å². The lowest BCUT2D eigenvalue weighted by atomic mass is 10.2. The molecule has 0 aliphatic rings. The van der Waals surface area contributed by atoms with Crippen molar-refractivity contribution in [2.45, 2.75) is 24.8 Å². The van der Waals surface area contributed by atoms with Crippen molar-refractivity contribution in [3.05, 3.63) is 82.1 Å². The number of para-hydroxylation sites is 1. The molecule has 0 fully saturated rings. The fraction of sp³-hybridized carbons (Fsp3) is 0.143. The van der Waals surface area contributed by atoms with Crippen LogP contribution in [0.1, 0.15) is 26.9 Å². The van der Waals surface area contributed by atoms with Crippen molar-refractivity contribution in [1.29, 1.82) is 0 Å². The Bertz CT molecular complexity index is 1120. The van der Waals surface area contributed by atoms with E-state index < -0.39 is 0 Å². The van der Waals surface area contributed by atoms with E-state index in [-0.39, 0.29) is 5.91 Å². The molecule has 4 rings (SSSR count). The fourth-order valence-corrected chi connectivity index (χ4v) is 4.54. The minimum Gasteiger partial charge on any atom is -0.321 e. The number of hydrogen-bond acceptors (Lipinski definition) is 6. The van der Waals surface area contributed by atoms with E-state index >= 15 is 0 Å². The first kappa shape index (κ1) is 19.4. The zero-order valence-corrected chi connectivity index (χ0v) is 17.6. The monoisotopic (exact) mass is 421 g/mol. The van der Waals surface area contributed by atoms with E-state index in [9.17, 15) is 4.79 Å². The summed E-state index contributed by atoms with van der Waals surface area (Å²) in [5.41, 5.74) is 3.35. The molecule has 6 nitrogen and oxygen atoms in total. The number of nitrogens with one attached hydrogen (secondary N) is 1. The molecule has 29 heavy (non-hydrogen) atoms. The van der Waals surface area contributed by atoms with Gasteiger partial charge in [-0.25, -0.2) is 4.98 Å². The zero-order chi connectivity index (χ0) is 20.2. The predicted molar refractivity (Wildman–Crippen MR) is 117 cm³/mol. The quantitative estimate of drug-likeness (QED) is 0.449. The topological polar surface area (TPSA) is 72.7 Å². The lowest BCUT2D eigenvalue weighted by molar-refractivity contribution is 0.102. The Morgan fingerprint density at radius 3 is 2.59 bits per heavy atom. The summed E-state index contributed by atoms with van der Waals surface area (Å²) < 4.78 is 2.02. The van der Waals surface area contributed by atoms with Crippen molar-refractivity contribution in [2.24, 2.45) is 0 Å². The summed E-state index contributed by atoms with van der Waals surface area (Å²) in [5, 5.41) is 14.8. The molecule has 0 bridgehead atoms. The number of amides is 1. The number of rotatable bonds is 6. The predicted octanol–water partition coefficient (Wildman–Crippen LogP) is 4.89. The van der Waals surface area contributed by atoms with Gasteiger partial charge in [0.05, 0.1) is 5.75 Å². The van der Waals surface area contributed by atoms with Crippen LogP contribution in [0.5, 0.6) is 0 Å². The summed E-state index contributed by atoms with van der Waals surface area (Å²) in [7, 11) is 0. The molecular formula is C21H19N5OS2. The van der Waals surface area contributed by atoms with Gasteiger partial charge in [-0.1, -0.05) is 47.7 Å². The Hall–Kier alpha value is -2.97. The van der Waals surface area contributed by atoms with Gasteiger partial charge in [-0.15, -0.1) is 21.5 Å². The van der Waals surface area contributed by atoms with Gasteiger partial charge in [-0.3, -0.25) is 9.36 Å². The van der Waals surface area contributed by atoms with Gasteiger partial charge in [0, 0.05) is 16.8 Å². The van der Waals surface area contributed by atoms with E-state index in [1.54, 1.807) is 17.1 Å². The Labute approximate surface area is 177 Å². The van der Waals surface area contributed by atoms with Gasteiger partial charge in [0.1, 0.15) is 16.5 Å². The number of anilines is 1. The maximum atomic E-state index is 12.4. The van der Waals surface area contributed by atoms with E-state index in [0.29, 0.717) is 11.4 Å². The Morgan fingerprint density at radius 2 is 1.83 bits per heavy atom. The molecule has 0 aliphatic heterocycles. The van der Waals surface area contributed by atoms with E-state index in [4.69, 9.17) is 0 Å².